The molecular weight excluding hydrogens is 246 g/mol. The first-order valence-corrected chi connectivity index (χ1v) is 7.13. The number of nitrogens with zero attached hydrogens (tertiary/aromatic N) is 1. The van der Waals surface area contributed by atoms with E-state index in [2.05, 4.69) is 24.9 Å². The van der Waals surface area contributed by atoms with Gasteiger partial charge in [0.25, 0.3) is 0 Å². The Balaban J connectivity index is 1.98. The van der Waals surface area contributed by atoms with Crippen LogP contribution >= 0.6 is 0 Å². The molecule has 1 atom stereocenters. The van der Waals surface area contributed by atoms with E-state index in [1.165, 1.54) is 11.1 Å². The summed E-state index contributed by atoms with van der Waals surface area (Å²) in [5, 5.41) is 0. The van der Waals surface area contributed by atoms with E-state index in [0.29, 0.717) is 0 Å². The Morgan fingerprint density at radius 2 is 1.80 bits per heavy atom. The average Bonchev–Trinajstić information content (AvgIpc) is 2.48. The maximum atomic E-state index is 12.8. The lowest BCUT2D eigenvalue weighted by atomic mass is 9.66. The molecule has 20 heavy (non-hydrogen) atoms. The summed E-state index contributed by atoms with van der Waals surface area (Å²) in [6.07, 6.45) is 5.52. The fourth-order valence-corrected chi connectivity index (χ4v) is 3.27. The Morgan fingerprint density at radius 3 is 2.55 bits per heavy atom. The molecule has 2 nitrogen and oxygen atoms in total. The third kappa shape index (κ3) is 2.05. The molecule has 0 fully saturated rings. The summed E-state index contributed by atoms with van der Waals surface area (Å²) in [6, 6.07) is 12.1. The summed E-state index contributed by atoms with van der Waals surface area (Å²) in [7, 11) is 0. The Morgan fingerprint density at radius 1 is 1.10 bits per heavy atom. The molecule has 0 saturated carbocycles. The highest BCUT2D eigenvalue weighted by Crippen LogP contribution is 2.39. The third-order valence-corrected chi connectivity index (χ3v) is 4.60. The lowest BCUT2D eigenvalue weighted by molar-refractivity contribution is 0.0839. The number of pyridine rings is 1. The van der Waals surface area contributed by atoms with Gasteiger partial charge in [-0.05, 0) is 41.5 Å². The number of Topliss-reactive ketones (excluding diaryl/α,β-unsaturated/α-hetero) is 1. The van der Waals surface area contributed by atoms with Crippen LogP contribution in [0.15, 0.2) is 48.8 Å². The minimum Gasteiger partial charge on any atom is -0.294 e. The van der Waals surface area contributed by atoms with Gasteiger partial charge in [-0.2, -0.15) is 0 Å². The molecule has 102 valence electrons. The number of fused-ring (bicyclic) bond motifs is 1. The van der Waals surface area contributed by atoms with Crippen molar-refractivity contribution >= 4 is 5.78 Å². The van der Waals surface area contributed by atoms with Crippen molar-refractivity contribution in [2.75, 3.05) is 0 Å². The first-order chi connectivity index (χ1) is 9.60. The zero-order valence-corrected chi connectivity index (χ0v) is 12.0. The highest BCUT2D eigenvalue weighted by Gasteiger charge is 2.39. The number of aryl methyl sites for hydroxylation is 1. The number of carbonyl (C=O) groups is 1. The minimum atomic E-state index is -0.159. The van der Waals surface area contributed by atoms with Crippen LogP contribution in [-0.4, -0.2) is 10.8 Å². The molecular formula is C18H19NO. The SMILES string of the molecule is CC(C)(c1ccncc1)C1CCc2ccccc2C1=O. The third-order valence-electron chi connectivity index (χ3n) is 4.60. The number of aromatic nitrogens is 1. The quantitative estimate of drug-likeness (QED) is 0.826. The van der Waals surface area contributed by atoms with E-state index < -0.39 is 0 Å². The molecule has 1 aliphatic rings. The van der Waals surface area contributed by atoms with E-state index in [9.17, 15) is 4.79 Å². The Labute approximate surface area is 119 Å². The largest absolute Gasteiger partial charge is 0.294 e. The molecule has 1 aliphatic carbocycles. The molecule has 2 heteroatoms. The molecule has 1 aromatic carbocycles. The van der Waals surface area contributed by atoms with Gasteiger partial charge in [0, 0.05) is 23.9 Å². The van der Waals surface area contributed by atoms with Crippen LogP contribution in [0, 0.1) is 5.92 Å². The van der Waals surface area contributed by atoms with Crippen molar-refractivity contribution in [2.24, 2.45) is 5.92 Å². The van der Waals surface area contributed by atoms with Crippen molar-refractivity contribution in [3.63, 3.8) is 0 Å². The number of ketones is 1. The molecule has 0 N–H and O–H groups in total. The van der Waals surface area contributed by atoms with E-state index in [0.717, 1.165) is 18.4 Å². The van der Waals surface area contributed by atoms with Crippen molar-refractivity contribution < 1.29 is 4.79 Å². The highest BCUT2D eigenvalue weighted by molar-refractivity contribution is 6.01. The molecule has 0 aliphatic heterocycles. The number of hydrogen-bond donors (Lipinski definition) is 0. The van der Waals surface area contributed by atoms with E-state index in [-0.39, 0.29) is 17.1 Å². The fraction of sp³-hybridized carbons (Fsp3) is 0.333. The van der Waals surface area contributed by atoms with Gasteiger partial charge in [0.1, 0.15) is 0 Å². The van der Waals surface area contributed by atoms with Gasteiger partial charge in [-0.25, -0.2) is 0 Å². The molecule has 2 aromatic rings. The minimum absolute atomic E-state index is 0.0415. The summed E-state index contributed by atoms with van der Waals surface area (Å²) < 4.78 is 0. The van der Waals surface area contributed by atoms with Crippen LogP contribution in [0.2, 0.25) is 0 Å². The molecule has 3 rings (SSSR count). The summed E-state index contributed by atoms with van der Waals surface area (Å²) in [4.78, 5) is 16.9. The first-order valence-electron chi connectivity index (χ1n) is 7.13. The van der Waals surface area contributed by atoms with Crippen LogP contribution in [0.3, 0.4) is 0 Å². The van der Waals surface area contributed by atoms with Crippen LogP contribution in [-0.2, 0) is 11.8 Å². The number of hydrogen-bond acceptors (Lipinski definition) is 2. The molecule has 0 spiro atoms. The summed E-state index contributed by atoms with van der Waals surface area (Å²) in [5.74, 6) is 0.327. The summed E-state index contributed by atoms with van der Waals surface area (Å²) in [5.41, 5.74) is 3.13. The van der Waals surface area contributed by atoms with Gasteiger partial charge in [-0.15, -0.1) is 0 Å². The lowest BCUT2D eigenvalue weighted by Crippen LogP contribution is -2.38. The van der Waals surface area contributed by atoms with Crippen LogP contribution < -0.4 is 0 Å². The monoisotopic (exact) mass is 265 g/mol. The molecule has 1 heterocycles. The highest BCUT2D eigenvalue weighted by atomic mass is 16.1. The average molecular weight is 265 g/mol. The maximum Gasteiger partial charge on any atom is 0.167 e. The topological polar surface area (TPSA) is 30.0 Å². The zero-order chi connectivity index (χ0) is 14.2. The van der Waals surface area contributed by atoms with Gasteiger partial charge >= 0.3 is 0 Å². The van der Waals surface area contributed by atoms with E-state index in [1.807, 2.05) is 30.3 Å². The van der Waals surface area contributed by atoms with Gasteiger partial charge in [0.2, 0.25) is 0 Å². The second-order valence-electron chi connectivity index (χ2n) is 6.07. The van der Waals surface area contributed by atoms with Crippen LogP contribution in [0.5, 0.6) is 0 Å². The van der Waals surface area contributed by atoms with Crippen molar-refractivity contribution in [3.05, 3.63) is 65.5 Å². The smallest absolute Gasteiger partial charge is 0.167 e. The maximum absolute atomic E-state index is 12.8. The standard InChI is InChI=1S/C18H19NO/c1-18(2,14-9-11-19-12-10-14)16-8-7-13-5-3-4-6-15(13)17(16)20/h3-6,9-12,16H,7-8H2,1-2H3. The van der Waals surface area contributed by atoms with E-state index >= 15 is 0 Å². The van der Waals surface area contributed by atoms with Gasteiger partial charge in [-0.3, -0.25) is 9.78 Å². The van der Waals surface area contributed by atoms with Crippen LogP contribution in [0.1, 0.15) is 41.8 Å². The molecule has 1 unspecified atom stereocenters. The molecule has 0 amide bonds. The Bertz CT molecular complexity index is 631. The molecule has 0 bridgehead atoms. The zero-order valence-electron chi connectivity index (χ0n) is 12.0. The molecule has 1 aromatic heterocycles. The normalized spacial score (nSPS) is 18.7. The van der Waals surface area contributed by atoms with Gasteiger partial charge in [0.05, 0.1) is 0 Å². The predicted octanol–water partition coefficient (Wildman–Crippen LogP) is 3.80. The number of benzene rings is 1. The number of rotatable bonds is 2. The van der Waals surface area contributed by atoms with Gasteiger partial charge in [0.15, 0.2) is 5.78 Å². The summed E-state index contributed by atoms with van der Waals surface area (Å²) in [6.45, 7) is 4.33. The van der Waals surface area contributed by atoms with Crippen molar-refractivity contribution in [1.29, 1.82) is 0 Å². The second kappa shape index (κ2) is 4.86. The number of carbonyl (C=O) groups excluding carboxylic acids is 1. The Kier molecular flexibility index (Phi) is 3.17. The van der Waals surface area contributed by atoms with Crippen molar-refractivity contribution in [3.8, 4) is 0 Å². The molecule has 0 radical (unpaired) electrons. The fourth-order valence-electron chi connectivity index (χ4n) is 3.27. The lowest BCUT2D eigenvalue weighted by Gasteiger charge is -2.36. The van der Waals surface area contributed by atoms with Crippen molar-refractivity contribution in [1.82, 2.24) is 4.98 Å². The predicted molar refractivity (Wildman–Crippen MR) is 79.8 cm³/mol. The van der Waals surface area contributed by atoms with E-state index in [4.69, 9.17) is 0 Å². The van der Waals surface area contributed by atoms with Crippen molar-refractivity contribution in [2.45, 2.75) is 32.1 Å². The van der Waals surface area contributed by atoms with Crippen LogP contribution in [0.4, 0.5) is 0 Å². The Hall–Kier alpha value is -1.96. The van der Waals surface area contributed by atoms with Crippen LogP contribution in [0.25, 0.3) is 0 Å². The van der Waals surface area contributed by atoms with Gasteiger partial charge in [-0.1, -0.05) is 38.1 Å². The second-order valence-corrected chi connectivity index (χ2v) is 6.07. The van der Waals surface area contributed by atoms with E-state index in [1.54, 1.807) is 12.4 Å². The van der Waals surface area contributed by atoms with Gasteiger partial charge < -0.3 is 0 Å². The molecule has 0 saturated heterocycles. The first kappa shape index (κ1) is 13.0. The summed E-state index contributed by atoms with van der Waals surface area (Å²) >= 11 is 0.